The van der Waals surface area contributed by atoms with Crippen LogP contribution in [0.2, 0.25) is 5.02 Å². The van der Waals surface area contributed by atoms with Gasteiger partial charge in [0, 0.05) is 18.3 Å². The number of aromatic nitrogens is 2. The van der Waals surface area contributed by atoms with Gasteiger partial charge in [-0.15, -0.1) is 11.3 Å². The third-order valence-corrected chi connectivity index (χ3v) is 6.00. The van der Waals surface area contributed by atoms with Crippen LogP contribution in [0.4, 0.5) is 5.69 Å². The largest absolute Gasteiger partial charge is 0.279 e. The number of anilines is 1. The predicted octanol–water partition coefficient (Wildman–Crippen LogP) is 3.91. The summed E-state index contributed by atoms with van der Waals surface area (Å²) in [6.45, 7) is 1.77. The SMILES string of the molecule is Cc1c(Cl)cccc1NS(=O)(=O)c1cn(C)nc1-c1cccs1. The zero-order chi connectivity index (χ0) is 16.6. The fraction of sp³-hybridized carbons (Fsp3) is 0.133. The molecule has 2 heterocycles. The lowest BCUT2D eigenvalue weighted by Gasteiger charge is -2.11. The van der Waals surface area contributed by atoms with E-state index in [1.807, 2.05) is 17.5 Å². The minimum Gasteiger partial charge on any atom is -0.279 e. The Morgan fingerprint density at radius 2 is 2.04 bits per heavy atom. The lowest BCUT2D eigenvalue weighted by Crippen LogP contribution is -2.14. The van der Waals surface area contributed by atoms with Gasteiger partial charge in [-0.25, -0.2) is 8.42 Å². The Morgan fingerprint density at radius 3 is 2.74 bits per heavy atom. The van der Waals surface area contributed by atoms with Crippen molar-refractivity contribution in [3.8, 4) is 10.6 Å². The number of thiophene rings is 1. The number of sulfonamides is 1. The fourth-order valence-electron chi connectivity index (χ4n) is 2.17. The summed E-state index contributed by atoms with van der Waals surface area (Å²) < 4.78 is 29.7. The van der Waals surface area contributed by atoms with Gasteiger partial charge >= 0.3 is 0 Å². The van der Waals surface area contributed by atoms with Gasteiger partial charge in [0.25, 0.3) is 10.0 Å². The van der Waals surface area contributed by atoms with Crippen molar-refractivity contribution in [2.24, 2.45) is 7.05 Å². The van der Waals surface area contributed by atoms with Crippen LogP contribution in [0.1, 0.15) is 5.56 Å². The number of hydrogen-bond donors (Lipinski definition) is 1. The van der Waals surface area contributed by atoms with Crippen LogP contribution in [-0.4, -0.2) is 18.2 Å². The van der Waals surface area contributed by atoms with Crippen LogP contribution < -0.4 is 4.72 Å². The highest BCUT2D eigenvalue weighted by Crippen LogP contribution is 2.31. The van der Waals surface area contributed by atoms with E-state index in [1.165, 1.54) is 22.2 Å². The molecule has 120 valence electrons. The molecule has 0 unspecified atom stereocenters. The average Bonchev–Trinajstić information content (AvgIpc) is 3.12. The molecule has 3 rings (SSSR count). The van der Waals surface area contributed by atoms with E-state index in [0.29, 0.717) is 22.0 Å². The standard InChI is InChI=1S/C15H14ClN3O2S2/c1-10-11(16)5-3-6-12(10)18-23(20,21)14-9-19(2)17-15(14)13-7-4-8-22-13/h3-9,18H,1-2H3. The van der Waals surface area contributed by atoms with E-state index >= 15 is 0 Å². The van der Waals surface area contributed by atoms with Crippen molar-refractivity contribution in [3.63, 3.8) is 0 Å². The van der Waals surface area contributed by atoms with Crippen LogP contribution in [0, 0.1) is 6.92 Å². The monoisotopic (exact) mass is 367 g/mol. The number of nitrogens with zero attached hydrogens (tertiary/aromatic N) is 2. The van der Waals surface area contributed by atoms with Crippen molar-refractivity contribution in [3.05, 3.63) is 52.5 Å². The number of hydrogen-bond acceptors (Lipinski definition) is 4. The van der Waals surface area contributed by atoms with Gasteiger partial charge in [-0.2, -0.15) is 5.10 Å². The van der Waals surface area contributed by atoms with Crippen LogP contribution in [0.15, 0.2) is 46.8 Å². The summed E-state index contributed by atoms with van der Waals surface area (Å²) in [6.07, 6.45) is 1.50. The van der Waals surface area contributed by atoms with Crippen molar-refractivity contribution < 1.29 is 8.42 Å². The molecule has 1 aromatic carbocycles. The van der Waals surface area contributed by atoms with Crippen molar-refractivity contribution in [2.45, 2.75) is 11.8 Å². The smallest absolute Gasteiger partial charge is 0.265 e. The topological polar surface area (TPSA) is 64.0 Å². The van der Waals surface area contributed by atoms with Crippen molar-refractivity contribution in [1.82, 2.24) is 9.78 Å². The van der Waals surface area contributed by atoms with Crippen LogP contribution >= 0.6 is 22.9 Å². The molecule has 5 nitrogen and oxygen atoms in total. The van der Waals surface area contributed by atoms with E-state index in [-0.39, 0.29) is 4.90 Å². The highest BCUT2D eigenvalue weighted by atomic mass is 35.5. The van der Waals surface area contributed by atoms with Crippen molar-refractivity contribution in [2.75, 3.05) is 4.72 Å². The summed E-state index contributed by atoms with van der Waals surface area (Å²) in [7, 11) is -2.08. The van der Waals surface area contributed by atoms with Gasteiger partial charge in [0.15, 0.2) is 0 Å². The molecule has 1 N–H and O–H groups in total. The van der Waals surface area contributed by atoms with Crippen LogP contribution in [-0.2, 0) is 17.1 Å². The first-order valence-electron chi connectivity index (χ1n) is 6.74. The molecule has 3 aromatic rings. The maximum Gasteiger partial charge on any atom is 0.265 e. The molecule has 0 saturated heterocycles. The zero-order valence-corrected chi connectivity index (χ0v) is 14.8. The van der Waals surface area contributed by atoms with E-state index in [9.17, 15) is 8.42 Å². The lowest BCUT2D eigenvalue weighted by molar-refractivity contribution is 0.601. The van der Waals surface area contributed by atoms with Gasteiger partial charge in [-0.1, -0.05) is 23.7 Å². The van der Waals surface area contributed by atoms with Crippen molar-refractivity contribution >= 4 is 38.6 Å². The summed E-state index contributed by atoms with van der Waals surface area (Å²) in [4.78, 5) is 0.940. The molecule has 8 heteroatoms. The zero-order valence-electron chi connectivity index (χ0n) is 12.4. The highest BCUT2D eigenvalue weighted by molar-refractivity contribution is 7.92. The quantitative estimate of drug-likeness (QED) is 0.760. The number of halogens is 1. The van der Waals surface area contributed by atoms with E-state index in [4.69, 9.17) is 11.6 Å². The summed E-state index contributed by atoms with van der Waals surface area (Å²) >= 11 is 7.50. The highest BCUT2D eigenvalue weighted by Gasteiger charge is 2.24. The molecule has 0 bridgehead atoms. The molecule has 0 spiro atoms. The predicted molar refractivity (Wildman–Crippen MR) is 93.5 cm³/mol. The van der Waals surface area contributed by atoms with Crippen LogP contribution in [0.25, 0.3) is 10.6 Å². The first kappa shape index (κ1) is 16.0. The van der Waals surface area contributed by atoms with Gasteiger partial charge < -0.3 is 0 Å². The van der Waals surface area contributed by atoms with E-state index in [0.717, 1.165) is 4.88 Å². The Kier molecular flexibility index (Phi) is 4.18. The number of rotatable bonds is 4. The third kappa shape index (κ3) is 3.12. The molecular formula is C15H14ClN3O2S2. The summed E-state index contributed by atoms with van der Waals surface area (Å²) in [5, 5.41) is 6.68. The second kappa shape index (κ2) is 5.99. The third-order valence-electron chi connectivity index (χ3n) is 3.35. The minimum absolute atomic E-state index is 0.141. The number of benzene rings is 1. The van der Waals surface area contributed by atoms with Crippen LogP contribution in [0.3, 0.4) is 0 Å². The second-order valence-electron chi connectivity index (χ2n) is 5.01. The fourth-order valence-corrected chi connectivity index (χ4v) is 4.44. The van der Waals surface area contributed by atoms with Gasteiger partial charge in [0.2, 0.25) is 0 Å². The van der Waals surface area contributed by atoms with E-state index in [1.54, 1.807) is 32.2 Å². The summed E-state index contributed by atoms with van der Waals surface area (Å²) in [6, 6.07) is 8.81. The molecule has 2 aromatic heterocycles. The molecule has 0 aliphatic rings. The molecule has 0 fully saturated rings. The van der Waals surface area contributed by atoms with Gasteiger partial charge in [-0.3, -0.25) is 9.40 Å². The number of aryl methyl sites for hydroxylation is 1. The molecule has 0 aliphatic carbocycles. The minimum atomic E-state index is -3.77. The Hall–Kier alpha value is -1.83. The van der Waals surface area contributed by atoms with Gasteiger partial charge in [0.1, 0.15) is 10.6 Å². The molecule has 23 heavy (non-hydrogen) atoms. The molecular weight excluding hydrogens is 354 g/mol. The average molecular weight is 368 g/mol. The molecule has 0 atom stereocenters. The Balaban J connectivity index is 2.06. The number of nitrogens with one attached hydrogen (secondary N) is 1. The molecule has 0 saturated carbocycles. The van der Waals surface area contributed by atoms with Gasteiger partial charge in [0.05, 0.1) is 10.6 Å². The lowest BCUT2D eigenvalue weighted by atomic mass is 10.2. The Bertz CT molecular complexity index is 947. The first-order chi connectivity index (χ1) is 10.9. The first-order valence-corrected chi connectivity index (χ1v) is 9.48. The molecule has 0 amide bonds. The Labute approximate surface area is 143 Å². The van der Waals surface area contributed by atoms with Crippen molar-refractivity contribution in [1.29, 1.82) is 0 Å². The van der Waals surface area contributed by atoms with E-state index < -0.39 is 10.0 Å². The maximum atomic E-state index is 12.8. The molecule has 0 aliphatic heterocycles. The molecule has 0 radical (unpaired) electrons. The van der Waals surface area contributed by atoms with Crippen LogP contribution in [0.5, 0.6) is 0 Å². The Morgan fingerprint density at radius 1 is 1.26 bits per heavy atom. The van der Waals surface area contributed by atoms with E-state index in [2.05, 4.69) is 9.82 Å². The summed E-state index contributed by atoms with van der Waals surface area (Å²) in [5.74, 6) is 0. The second-order valence-corrected chi connectivity index (χ2v) is 8.02. The maximum absolute atomic E-state index is 12.8. The van der Waals surface area contributed by atoms with Gasteiger partial charge in [-0.05, 0) is 36.1 Å². The normalized spacial score (nSPS) is 11.6. The summed E-state index contributed by atoms with van der Waals surface area (Å²) in [5.41, 5.74) is 1.58.